The number of amides is 3. The van der Waals surface area contributed by atoms with Gasteiger partial charge in [-0.15, -0.1) is 0 Å². The molecule has 1 aliphatic heterocycles. The molecule has 72 heavy (non-hydrogen) atoms. The standard InChI is InChI=1S/C50H50Cl2N6O13S/c1-27(26-57(4)5)69-47(65)34-12-8-28(32-13-10-30(51)22-39(32)52)21-40(34)54-45(62)35-24-38(46(63)64)41(59)25-37(35)49(67)71-70-48(66)36-20-29(43(60)56-72(6,7)68)9-11-33(36)44(61)55-42-23-31(14-17-53-42)58-18-15-50(2,3)16-19-58/h8-14,17,20-25,27,59H,15-16,18-19,26H2,1-7H3,(H,54,62)(H,63,64)(H,53,55,61). The van der Waals surface area contributed by atoms with Gasteiger partial charge in [0, 0.05) is 81.0 Å². The number of rotatable bonds is 14. The van der Waals surface area contributed by atoms with Gasteiger partial charge in [0.25, 0.3) is 17.7 Å². The molecule has 1 saturated heterocycles. The second kappa shape index (κ2) is 22.4. The van der Waals surface area contributed by atoms with E-state index in [0.717, 1.165) is 49.8 Å². The first-order chi connectivity index (χ1) is 33.8. The molecule has 19 nitrogen and oxygen atoms in total. The molecule has 1 fully saturated rings. The number of piperidine rings is 1. The smallest absolute Gasteiger partial charge is 0.387 e. The Morgan fingerprint density at radius 2 is 1.43 bits per heavy atom. The van der Waals surface area contributed by atoms with Crippen molar-refractivity contribution in [1.82, 2.24) is 9.88 Å². The molecule has 2 heterocycles. The molecule has 1 aliphatic rings. The van der Waals surface area contributed by atoms with Gasteiger partial charge in [-0.25, -0.2) is 38.1 Å². The lowest BCUT2D eigenvalue weighted by molar-refractivity contribution is -0.187. The summed E-state index contributed by atoms with van der Waals surface area (Å²) in [5.74, 6) is -9.78. The predicted octanol–water partition coefficient (Wildman–Crippen LogP) is 8.49. The Morgan fingerprint density at radius 1 is 0.792 bits per heavy atom. The molecule has 0 aliphatic carbocycles. The number of anilines is 3. The molecular weight excluding hydrogens is 996 g/mol. The Kier molecular flexibility index (Phi) is 16.8. The molecule has 0 saturated carbocycles. The van der Waals surface area contributed by atoms with Crippen LogP contribution in [0.3, 0.4) is 0 Å². The highest BCUT2D eigenvalue weighted by Gasteiger charge is 2.30. The number of hydrogen-bond donors (Lipinski definition) is 4. The SMILES string of the molecule is CC(CN(C)C)OC(=O)c1ccc(-c2ccc(Cl)cc2Cl)cc1NC(=O)c1cc(C(=O)O)c(O)cc1C(=O)OOC(=O)c1cc(C(=O)N=S(C)(C)=O)ccc1C(=O)Nc1cc(N2CCC(C)(C)CC2)ccn1. The molecule has 4 aromatic carbocycles. The zero-order valence-electron chi connectivity index (χ0n) is 40.0. The van der Waals surface area contributed by atoms with Crippen LogP contribution in [0.15, 0.2) is 89.4 Å². The molecule has 0 bridgehead atoms. The predicted molar refractivity (Wildman–Crippen MR) is 270 cm³/mol. The largest absolute Gasteiger partial charge is 0.507 e. The van der Waals surface area contributed by atoms with Crippen molar-refractivity contribution in [1.29, 1.82) is 0 Å². The third kappa shape index (κ3) is 13.7. The summed E-state index contributed by atoms with van der Waals surface area (Å²) in [4.78, 5) is 113. The Bertz CT molecular complexity index is 3140. The third-order valence-electron chi connectivity index (χ3n) is 11.2. The first kappa shape index (κ1) is 54.0. The number of likely N-dealkylation sites (N-methyl/N-ethyl adjacent to an activating group) is 1. The minimum Gasteiger partial charge on any atom is -0.507 e. The molecule has 4 N–H and O–H groups in total. The van der Waals surface area contributed by atoms with E-state index in [0.29, 0.717) is 34.8 Å². The first-order valence-electron chi connectivity index (χ1n) is 22.0. The van der Waals surface area contributed by atoms with Crippen LogP contribution in [-0.2, 0) is 24.2 Å². The van der Waals surface area contributed by atoms with Crippen molar-refractivity contribution in [3.05, 3.63) is 134 Å². The summed E-state index contributed by atoms with van der Waals surface area (Å²) in [5, 5.41) is 26.3. The number of benzene rings is 4. The number of halogens is 2. The van der Waals surface area contributed by atoms with Crippen molar-refractivity contribution in [2.75, 3.05) is 61.8 Å². The van der Waals surface area contributed by atoms with Crippen molar-refractivity contribution < 1.29 is 62.5 Å². The van der Waals surface area contributed by atoms with E-state index < -0.39 is 91.0 Å². The first-order valence-corrected chi connectivity index (χ1v) is 25.1. The van der Waals surface area contributed by atoms with E-state index in [-0.39, 0.29) is 33.1 Å². The fraction of sp³-hybridized carbons (Fsp3) is 0.280. The van der Waals surface area contributed by atoms with Gasteiger partial charge in [-0.05, 0) is 106 Å². The van der Waals surface area contributed by atoms with Gasteiger partial charge in [0.1, 0.15) is 23.2 Å². The number of esters is 1. The summed E-state index contributed by atoms with van der Waals surface area (Å²) < 4.78 is 21.7. The second-order valence-electron chi connectivity index (χ2n) is 18.1. The number of nitrogens with one attached hydrogen (secondary N) is 2. The number of nitrogens with zero attached hydrogens (tertiary/aromatic N) is 4. The highest BCUT2D eigenvalue weighted by molar-refractivity contribution is 7.92. The fourth-order valence-electron chi connectivity index (χ4n) is 7.52. The maximum Gasteiger partial charge on any atom is 0.387 e. The number of carbonyl (C=O) groups excluding carboxylic acids is 6. The fourth-order valence-corrected chi connectivity index (χ4v) is 8.54. The molecule has 22 heteroatoms. The van der Waals surface area contributed by atoms with Crippen LogP contribution >= 0.6 is 23.2 Å². The van der Waals surface area contributed by atoms with Crippen molar-refractivity contribution in [3.63, 3.8) is 0 Å². The number of carboxylic acid groups (broad SMARTS) is 1. The minimum atomic E-state index is -3.00. The summed E-state index contributed by atoms with van der Waals surface area (Å²) in [6.45, 7) is 7.90. The van der Waals surface area contributed by atoms with Crippen LogP contribution < -0.4 is 15.5 Å². The van der Waals surface area contributed by atoms with Crippen molar-refractivity contribution in [2.45, 2.75) is 39.7 Å². The number of carboxylic acids is 1. The zero-order chi connectivity index (χ0) is 52.8. The lowest BCUT2D eigenvalue weighted by Gasteiger charge is -2.38. The summed E-state index contributed by atoms with van der Waals surface area (Å²) in [5.41, 5.74) is -2.35. The normalized spacial score (nSPS) is 13.6. The number of aromatic carboxylic acids is 1. The minimum absolute atomic E-state index is 0.110. The van der Waals surface area contributed by atoms with E-state index >= 15 is 0 Å². The van der Waals surface area contributed by atoms with Crippen LogP contribution in [0.5, 0.6) is 5.75 Å². The Morgan fingerprint density at radius 3 is 2.06 bits per heavy atom. The number of carbonyl (C=O) groups is 7. The number of aromatic nitrogens is 1. The van der Waals surface area contributed by atoms with Gasteiger partial charge in [0.15, 0.2) is 0 Å². The van der Waals surface area contributed by atoms with E-state index in [9.17, 15) is 48.0 Å². The lowest BCUT2D eigenvalue weighted by atomic mass is 9.82. The number of pyridine rings is 1. The van der Waals surface area contributed by atoms with Gasteiger partial charge in [-0.1, -0.05) is 49.2 Å². The molecular formula is C50H50Cl2N6O13S. The van der Waals surface area contributed by atoms with Gasteiger partial charge in [0.2, 0.25) is 0 Å². The number of ether oxygens (including phenoxy) is 1. The summed E-state index contributed by atoms with van der Waals surface area (Å²) in [6.07, 6.45) is 5.16. The monoisotopic (exact) mass is 1040 g/mol. The maximum atomic E-state index is 14.3. The molecule has 378 valence electrons. The Balaban J connectivity index is 1.32. The van der Waals surface area contributed by atoms with Crippen molar-refractivity contribution in [3.8, 4) is 16.9 Å². The van der Waals surface area contributed by atoms with Gasteiger partial charge in [-0.3, -0.25) is 14.4 Å². The Labute approximate surface area is 424 Å². The summed E-state index contributed by atoms with van der Waals surface area (Å²) >= 11 is 12.6. The molecule has 3 amide bonds. The molecule has 1 unspecified atom stereocenters. The average Bonchev–Trinajstić information content (AvgIpc) is 3.29. The van der Waals surface area contributed by atoms with Gasteiger partial charge in [-0.2, -0.15) is 4.36 Å². The quantitative estimate of drug-likeness (QED) is 0.0461. The van der Waals surface area contributed by atoms with Crippen LogP contribution in [0.2, 0.25) is 10.0 Å². The lowest BCUT2D eigenvalue weighted by Crippen LogP contribution is -2.37. The maximum absolute atomic E-state index is 14.3. The highest BCUT2D eigenvalue weighted by atomic mass is 35.5. The average molecular weight is 1050 g/mol. The van der Waals surface area contributed by atoms with E-state index in [4.69, 9.17) is 37.7 Å². The van der Waals surface area contributed by atoms with E-state index in [1.165, 1.54) is 43.0 Å². The molecule has 5 aromatic rings. The van der Waals surface area contributed by atoms with Gasteiger partial charge < -0.3 is 35.4 Å². The number of phenols is 1. The van der Waals surface area contributed by atoms with Crippen LogP contribution in [0.1, 0.15) is 106 Å². The van der Waals surface area contributed by atoms with Crippen LogP contribution in [0.4, 0.5) is 17.2 Å². The molecule has 0 spiro atoms. The highest BCUT2D eigenvalue weighted by Crippen LogP contribution is 2.35. The number of hydrogen-bond acceptors (Lipinski definition) is 15. The zero-order valence-corrected chi connectivity index (χ0v) is 42.4. The third-order valence-corrected chi connectivity index (χ3v) is 12.3. The van der Waals surface area contributed by atoms with E-state index in [1.807, 2.05) is 0 Å². The van der Waals surface area contributed by atoms with Crippen molar-refractivity contribution in [2.24, 2.45) is 9.78 Å². The topological polar surface area (TPSA) is 260 Å². The van der Waals surface area contributed by atoms with Crippen LogP contribution in [-0.4, -0.2) is 118 Å². The van der Waals surface area contributed by atoms with Crippen molar-refractivity contribution >= 4 is 91.7 Å². The Hall–Kier alpha value is -7.39. The van der Waals surface area contributed by atoms with Gasteiger partial charge >= 0.3 is 23.9 Å². The van der Waals surface area contributed by atoms with E-state index in [2.05, 4.69) is 38.7 Å². The molecule has 1 atom stereocenters. The number of aromatic hydroxyl groups is 1. The molecule has 6 rings (SSSR count). The second-order valence-corrected chi connectivity index (χ2v) is 21.5. The van der Waals surface area contributed by atoms with Gasteiger partial charge in [0.05, 0.1) is 33.5 Å². The summed E-state index contributed by atoms with van der Waals surface area (Å²) in [7, 11) is 0.549. The van der Waals surface area contributed by atoms with Crippen LogP contribution in [0.25, 0.3) is 11.1 Å². The summed E-state index contributed by atoms with van der Waals surface area (Å²) in [6, 6.07) is 16.7. The molecule has 1 aromatic heterocycles. The van der Waals surface area contributed by atoms with E-state index in [1.54, 1.807) is 50.2 Å². The molecule has 0 radical (unpaired) electrons. The van der Waals surface area contributed by atoms with Crippen LogP contribution in [0, 0.1) is 5.41 Å².